The molecule has 1 N–H and O–H groups in total. The molecule has 0 saturated heterocycles. The average Bonchev–Trinajstić information content (AvgIpc) is 3.01. The van der Waals surface area contributed by atoms with Crippen molar-refractivity contribution < 1.29 is 4.74 Å². The third-order valence-electron chi connectivity index (χ3n) is 3.59. The fraction of sp³-hybridized carbons (Fsp3) is 0.429. The van der Waals surface area contributed by atoms with E-state index in [9.17, 15) is 0 Å². The standard InChI is InChI=1S/C14H17BrN4O/c1-3-16-12(13-14(15)17-18-19(13)2)11-8-9-6-4-5-7-10(9)20-11/h4-7,11-12,16H,3,8H2,1-2H3. The minimum absolute atomic E-state index is 0.0563. The highest BCUT2D eigenvalue weighted by Gasteiger charge is 2.34. The van der Waals surface area contributed by atoms with Gasteiger partial charge in [-0.2, -0.15) is 0 Å². The molecule has 0 amide bonds. The number of fused-ring (bicyclic) bond motifs is 1. The lowest BCUT2D eigenvalue weighted by molar-refractivity contribution is 0.174. The van der Waals surface area contributed by atoms with Gasteiger partial charge in [0.05, 0.1) is 11.7 Å². The lowest BCUT2D eigenvalue weighted by Crippen LogP contribution is -2.36. The molecule has 2 aromatic rings. The van der Waals surface area contributed by atoms with Gasteiger partial charge in [0.2, 0.25) is 0 Å². The first-order valence-corrected chi connectivity index (χ1v) is 7.53. The summed E-state index contributed by atoms with van der Waals surface area (Å²) in [5.41, 5.74) is 2.27. The summed E-state index contributed by atoms with van der Waals surface area (Å²) < 4.78 is 8.67. The van der Waals surface area contributed by atoms with E-state index in [4.69, 9.17) is 4.74 Å². The first-order chi connectivity index (χ1) is 9.70. The van der Waals surface area contributed by atoms with Crippen molar-refractivity contribution in [1.82, 2.24) is 20.3 Å². The van der Waals surface area contributed by atoms with Crippen LogP contribution >= 0.6 is 15.9 Å². The monoisotopic (exact) mass is 336 g/mol. The number of likely N-dealkylation sites (N-methyl/N-ethyl adjacent to an activating group) is 1. The molecule has 0 spiro atoms. The molecule has 2 atom stereocenters. The maximum atomic E-state index is 6.10. The van der Waals surface area contributed by atoms with Gasteiger partial charge in [-0.05, 0) is 34.1 Å². The molecule has 1 aliphatic rings. The second-order valence-corrected chi connectivity index (χ2v) is 5.64. The maximum Gasteiger partial charge on any atom is 0.153 e. The lowest BCUT2D eigenvalue weighted by atomic mass is 10.0. The van der Waals surface area contributed by atoms with Crippen LogP contribution in [-0.2, 0) is 13.5 Å². The van der Waals surface area contributed by atoms with Gasteiger partial charge < -0.3 is 10.1 Å². The topological polar surface area (TPSA) is 52.0 Å². The Morgan fingerprint density at radius 3 is 2.95 bits per heavy atom. The molecule has 5 nitrogen and oxygen atoms in total. The Labute approximate surface area is 126 Å². The van der Waals surface area contributed by atoms with Gasteiger partial charge in [-0.15, -0.1) is 5.10 Å². The second kappa shape index (κ2) is 5.54. The lowest BCUT2D eigenvalue weighted by Gasteiger charge is -2.24. The summed E-state index contributed by atoms with van der Waals surface area (Å²) in [4.78, 5) is 0. The van der Waals surface area contributed by atoms with Gasteiger partial charge in [0, 0.05) is 13.5 Å². The number of halogens is 1. The molecule has 1 aromatic heterocycles. The van der Waals surface area contributed by atoms with Crippen LogP contribution in [0.3, 0.4) is 0 Å². The van der Waals surface area contributed by atoms with Crippen molar-refractivity contribution in [3.05, 3.63) is 40.1 Å². The van der Waals surface area contributed by atoms with E-state index in [1.54, 1.807) is 4.68 Å². The molecule has 20 heavy (non-hydrogen) atoms. The van der Waals surface area contributed by atoms with E-state index in [0.29, 0.717) is 0 Å². The van der Waals surface area contributed by atoms with E-state index >= 15 is 0 Å². The van der Waals surface area contributed by atoms with Gasteiger partial charge >= 0.3 is 0 Å². The number of hydrogen-bond donors (Lipinski definition) is 1. The predicted octanol–water partition coefficient (Wildman–Crippen LogP) is 2.23. The van der Waals surface area contributed by atoms with Crippen LogP contribution < -0.4 is 10.1 Å². The Hall–Kier alpha value is -1.40. The third-order valence-corrected chi connectivity index (χ3v) is 4.15. The molecule has 3 rings (SSSR count). The molecule has 0 saturated carbocycles. The Balaban J connectivity index is 1.90. The van der Waals surface area contributed by atoms with Gasteiger partial charge in [0.15, 0.2) is 4.60 Å². The summed E-state index contributed by atoms with van der Waals surface area (Å²) in [6.45, 7) is 2.95. The van der Waals surface area contributed by atoms with E-state index in [1.807, 2.05) is 25.2 Å². The zero-order valence-corrected chi connectivity index (χ0v) is 13.1. The van der Waals surface area contributed by atoms with Gasteiger partial charge in [-0.3, -0.25) is 0 Å². The summed E-state index contributed by atoms with van der Waals surface area (Å²) in [5, 5.41) is 11.6. The number of aromatic nitrogens is 3. The van der Waals surface area contributed by atoms with Crippen LogP contribution in [-0.4, -0.2) is 27.6 Å². The summed E-state index contributed by atoms with van der Waals surface area (Å²) in [6.07, 6.45) is 0.951. The van der Waals surface area contributed by atoms with Crippen molar-refractivity contribution in [2.45, 2.75) is 25.5 Å². The zero-order chi connectivity index (χ0) is 14.1. The summed E-state index contributed by atoms with van der Waals surface area (Å²) in [5.74, 6) is 0.978. The van der Waals surface area contributed by atoms with Crippen LogP contribution in [0.1, 0.15) is 24.2 Å². The molecular weight excluding hydrogens is 320 g/mol. The SMILES string of the molecule is CCNC(c1c(Br)nnn1C)C1Cc2ccccc2O1. The van der Waals surface area contributed by atoms with E-state index < -0.39 is 0 Å². The molecule has 1 aromatic carbocycles. The van der Waals surface area contributed by atoms with E-state index in [0.717, 1.165) is 29.0 Å². The molecule has 6 heteroatoms. The Morgan fingerprint density at radius 1 is 1.50 bits per heavy atom. The largest absolute Gasteiger partial charge is 0.488 e. The van der Waals surface area contributed by atoms with Crippen molar-refractivity contribution in [2.75, 3.05) is 6.54 Å². The van der Waals surface area contributed by atoms with Gasteiger partial charge in [-0.25, -0.2) is 4.68 Å². The van der Waals surface area contributed by atoms with Crippen LogP contribution in [0.5, 0.6) is 5.75 Å². The highest BCUT2D eigenvalue weighted by Crippen LogP contribution is 2.35. The fourth-order valence-corrected chi connectivity index (χ4v) is 3.26. The minimum atomic E-state index is 0.0563. The van der Waals surface area contributed by atoms with Crippen LogP contribution in [0.25, 0.3) is 0 Å². The number of rotatable bonds is 4. The van der Waals surface area contributed by atoms with Crippen LogP contribution in [0.4, 0.5) is 0 Å². The number of ether oxygens (including phenoxy) is 1. The normalized spacial score (nSPS) is 18.6. The minimum Gasteiger partial charge on any atom is -0.488 e. The van der Waals surface area contributed by atoms with Crippen molar-refractivity contribution in [3.8, 4) is 5.75 Å². The summed E-state index contributed by atoms with van der Waals surface area (Å²) in [6, 6.07) is 8.25. The van der Waals surface area contributed by atoms with Crippen molar-refractivity contribution >= 4 is 15.9 Å². The molecule has 106 valence electrons. The molecule has 1 aliphatic heterocycles. The zero-order valence-electron chi connectivity index (χ0n) is 11.5. The number of nitrogens with zero attached hydrogens (tertiary/aromatic N) is 3. The first kappa shape index (κ1) is 13.6. The Morgan fingerprint density at radius 2 is 2.30 bits per heavy atom. The molecule has 0 bridgehead atoms. The molecule has 0 aliphatic carbocycles. The van der Waals surface area contributed by atoms with Crippen molar-refractivity contribution in [2.24, 2.45) is 7.05 Å². The van der Waals surface area contributed by atoms with Crippen molar-refractivity contribution in [3.63, 3.8) is 0 Å². The van der Waals surface area contributed by atoms with Crippen molar-refractivity contribution in [1.29, 1.82) is 0 Å². The Bertz CT molecular complexity index is 568. The maximum absolute atomic E-state index is 6.10. The van der Waals surface area contributed by atoms with Crippen LogP contribution in [0, 0.1) is 0 Å². The molecular formula is C14H17BrN4O. The van der Waals surface area contributed by atoms with Gasteiger partial charge in [0.25, 0.3) is 0 Å². The van der Waals surface area contributed by atoms with E-state index in [-0.39, 0.29) is 12.1 Å². The summed E-state index contributed by atoms with van der Waals surface area (Å²) >= 11 is 3.48. The predicted molar refractivity (Wildman–Crippen MR) is 79.7 cm³/mol. The smallest absolute Gasteiger partial charge is 0.153 e. The fourth-order valence-electron chi connectivity index (χ4n) is 2.69. The highest BCUT2D eigenvalue weighted by atomic mass is 79.9. The first-order valence-electron chi connectivity index (χ1n) is 6.73. The second-order valence-electron chi connectivity index (χ2n) is 4.89. The summed E-state index contributed by atoms with van der Waals surface area (Å²) in [7, 11) is 1.90. The Kier molecular flexibility index (Phi) is 3.76. The van der Waals surface area contributed by atoms with Crippen LogP contribution in [0.2, 0.25) is 0 Å². The molecule has 2 heterocycles. The van der Waals surface area contributed by atoms with Gasteiger partial charge in [-0.1, -0.05) is 30.3 Å². The quantitative estimate of drug-likeness (QED) is 0.930. The van der Waals surface area contributed by atoms with Gasteiger partial charge in [0.1, 0.15) is 11.9 Å². The number of aryl methyl sites for hydroxylation is 1. The number of nitrogens with one attached hydrogen (secondary N) is 1. The van der Waals surface area contributed by atoms with E-state index in [1.165, 1.54) is 5.56 Å². The number of hydrogen-bond acceptors (Lipinski definition) is 4. The number of para-hydroxylation sites is 1. The highest BCUT2D eigenvalue weighted by molar-refractivity contribution is 9.10. The molecule has 0 fully saturated rings. The average molecular weight is 337 g/mol. The number of benzene rings is 1. The van der Waals surface area contributed by atoms with Crippen LogP contribution in [0.15, 0.2) is 28.9 Å². The van der Waals surface area contributed by atoms with E-state index in [2.05, 4.69) is 44.5 Å². The molecule has 2 unspecified atom stereocenters. The third kappa shape index (κ3) is 2.33. The molecule has 0 radical (unpaired) electrons.